The summed E-state index contributed by atoms with van der Waals surface area (Å²) >= 11 is 0. The largest absolute Gasteiger partial charge is 0.497 e. The molecular weight excluding hydrogens is 328 g/mol. The smallest absolute Gasteiger partial charge is 0.253 e. The number of amides is 1. The maximum atomic E-state index is 12.6. The molecule has 5 nitrogen and oxygen atoms in total. The number of ether oxygens (including phenoxy) is 2. The van der Waals surface area contributed by atoms with Crippen LogP contribution in [0.25, 0.3) is 0 Å². The van der Waals surface area contributed by atoms with Gasteiger partial charge >= 0.3 is 0 Å². The van der Waals surface area contributed by atoms with E-state index >= 15 is 0 Å². The Morgan fingerprint density at radius 3 is 2.27 bits per heavy atom. The molecule has 0 radical (unpaired) electrons. The number of nitrogens with zero attached hydrogens (tertiary/aromatic N) is 2. The van der Waals surface area contributed by atoms with Crippen LogP contribution in [0, 0.1) is 0 Å². The average molecular weight is 354 g/mol. The highest BCUT2D eigenvalue weighted by Gasteiger charge is 2.22. The molecule has 5 heteroatoms. The topological polar surface area (TPSA) is 42.0 Å². The first-order chi connectivity index (χ1) is 12.7. The number of para-hydroxylation sites is 1. The molecule has 0 aromatic heterocycles. The van der Waals surface area contributed by atoms with E-state index < -0.39 is 0 Å². The van der Waals surface area contributed by atoms with Crippen molar-refractivity contribution < 1.29 is 14.3 Å². The Hall–Kier alpha value is -2.53. The van der Waals surface area contributed by atoms with Crippen molar-refractivity contribution >= 4 is 5.91 Å². The lowest BCUT2D eigenvalue weighted by molar-refractivity contribution is 0.0638. The third-order valence-electron chi connectivity index (χ3n) is 4.89. The SMILES string of the molecule is COc1ccc(C(=O)N2CCN(CCc3ccccc3OC)CC2)cc1. The molecule has 0 spiro atoms. The third kappa shape index (κ3) is 4.35. The van der Waals surface area contributed by atoms with E-state index in [0.717, 1.165) is 50.6 Å². The number of benzene rings is 2. The van der Waals surface area contributed by atoms with E-state index in [2.05, 4.69) is 11.0 Å². The van der Waals surface area contributed by atoms with Crippen LogP contribution in [0.4, 0.5) is 0 Å². The van der Waals surface area contributed by atoms with Crippen LogP contribution < -0.4 is 9.47 Å². The van der Waals surface area contributed by atoms with Crippen LogP contribution in [0.1, 0.15) is 15.9 Å². The van der Waals surface area contributed by atoms with Gasteiger partial charge in [0.05, 0.1) is 14.2 Å². The molecule has 0 aliphatic carbocycles. The normalized spacial score (nSPS) is 14.9. The standard InChI is InChI=1S/C21H26N2O3/c1-25-19-9-7-18(8-10-19)21(24)23-15-13-22(14-16-23)12-11-17-5-3-4-6-20(17)26-2/h3-10H,11-16H2,1-2H3. The number of carbonyl (C=O) groups is 1. The van der Waals surface area contributed by atoms with Crippen molar-refractivity contribution in [2.45, 2.75) is 6.42 Å². The molecule has 1 fully saturated rings. The average Bonchev–Trinajstić information content (AvgIpc) is 2.72. The fourth-order valence-electron chi connectivity index (χ4n) is 3.28. The molecule has 0 atom stereocenters. The predicted octanol–water partition coefficient (Wildman–Crippen LogP) is 2.70. The second-order valence-electron chi connectivity index (χ2n) is 6.42. The van der Waals surface area contributed by atoms with E-state index in [0.29, 0.717) is 5.56 Å². The maximum absolute atomic E-state index is 12.6. The van der Waals surface area contributed by atoms with Gasteiger partial charge in [-0.15, -0.1) is 0 Å². The van der Waals surface area contributed by atoms with Gasteiger partial charge in [0.2, 0.25) is 0 Å². The fraction of sp³-hybridized carbons (Fsp3) is 0.381. The molecule has 0 saturated carbocycles. The number of methoxy groups -OCH3 is 2. The quantitative estimate of drug-likeness (QED) is 0.800. The molecule has 2 aromatic carbocycles. The minimum absolute atomic E-state index is 0.0945. The van der Waals surface area contributed by atoms with Crippen LogP contribution >= 0.6 is 0 Å². The lowest BCUT2D eigenvalue weighted by Crippen LogP contribution is -2.49. The lowest BCUT2D eigenvalue weighted by Gasteiger charge is -2.34. The highest BCUT2D eigenvalue weighted by Crippen LogP contribution is 2.19. The van der Waals surface area contributed by atoms with E-state index in [4.69, 9.17) is 9.47 Å². The first-order valence-corrected chi connectivity index (χ1v) is 8.99. The molecule has 1 aliphatic heterocycles. The van der Waals surface area contributed by atoms with Crippen LogP contribution in [0.3, 0.4) is 0 Å². The number of hydrogen-bond acceptors (Lipinski definition) is 4. The monoisotopic (exact) mass is 354 g/mol. The third-order valence-corrected chi connectivity index (χ3v) is 4.89. The minimum Gasteiger partial charge on any atom is -0.497 e. The molecule has 1 amide bonds. The molecule has 1 heterocycles. The molecule has 0 bridgehead atoms. The van der Waals surface area contributed by atoms with E-state index in [9.17, 15) is 4.79 Å². The predicted molar refractivity (Wildman–Crippen MR) is 102 cm³/mol. The summed E-state index contributed by atoms with van der Waals surface area (Å²) in [5, 5.41) is 0. The second kappa shape index (κ2) is 8.72. The van der Waals surface area contributed by atoms with Crippen LogP contribution in [0.2, 0.25) is 0 Å². The van der Waals surface area contributed by atoms with Gasteiger partial charge in [0.25, 0.3) is 5.91 Å². The van der Waals surface area contributed by atoms with Crippen molar-refractivity contribution in [1.82, 2.24) is 9.80 Å². The van der Waals surface area contributed by atoms with E-state index in [-0.39, 0.29) is 5.91 Å². The first kappa shape index (κ1) is 18.3. The van der Waals surface area contributed by atoms with E-state index in [1.54, 1.807) is 14.2 Å². The van der Waals surface area contributed by atoms with Gasteiger partial charge in [-0.05, 0) is 42.3 Å². The summed E-state index contributed by atoms with van der Waals surface area (Å²) in [5.41, 5.74) is 1.94. The van der Waals surface area contributed by atoms with E-state index in [1.807, 2.05) is 47.4 Å². The summed E-state index contributed by atoms with van der Waals surface area (Å²) in [5.74, 6) is 1.81. The first-order valence-electron chi connectivity index (χ1n) is 8.99. The highest BCUT2D eigenvalue weighted by molar-refractivity contribution is 5.94. The van der Waals surface area contributed by atoms with Crippen molar-refractivity contribution in [2.24, 2.45) is 0 Å². The Labute approximate surface area is 155 Å². The van der Waals surface area contributed by atoms with Gasteiger partial charge in [-0.3, -0.25) is 9.69 Å². The summed E-state index contributed by atoms with van der Waals surface area (Å²) < 4.78 is 10.6. The Bertz CT molecular complexity index is 722. The summed E-state index contributed by atoms with van der Waals surface area (Å²) in [7, 11) is 3.34. The fourth-order valence-corrected chi connectivity index (χ4v) is 3.28. The highest BCUT2D eigenvalue weighted by atomic mass is 16.5. The van der Waals surface area contributed by atoms with Crippen molar-refractivity contribution in [1.29, 1.82) is 0 Å². The lowest BCUT2D eigenvalue weighted by atomic mass is 10.1. The summed E-state index contributed by atoms with van der Waals surface area (Å²) in [6.07, 6.45) is 0.955. The molecule has 1 aliphatic rings. The van der Waals surface area contributed by atoms with Gasteiger partial charge in [-0.25, -0.2) is 0 Å². The summed E-state index contributed by atoms with van der Waals surface area (Å²) in [6, 6.07) is 15.5. The van der Waals surface area contributed by atoms with Gasteiger partial charge in [0.1, 0.15) is 11.5 Å². The van der Waals surface area contributed by atoms with Gasteiger partial charge < -0.3 is 14.4 Å². The van der Waals surface area contributed by atoms with Crippen LogP contribution in [0.5, 0.6) is 11.5 Å². The number of piperazine rings is 1. The number of rotatable bonds is 6. The van der Waals surface area contributed by atoms with Crippen LogP contribution in [-0.4, -0.2) is 62.7 Å². The van der Waals surface area contributed by atoms with Gasteiger partial charge in [0.15, 0.2) is 0 Å². The van der Waals surface area contributed by atoms with Crippen LogP contribution in [-0.2, 0) is 6.42 Å². The molecule has 1 saturated heterocycles. The van der Waals surface area contributed by atoms with Gasteiger partial charge in [-0.1, -0.05) is 18.2 Å². The molecule has 3 rings (SSSR count). The number of hydrogen-bond donors (Lipinski definition) is 0. The van der Waals surface area contributed by atoms with E-state index in [1.165, 1.54) is 5.56 Å². The van der Waals surface area contributed by atoms with Crippen molar-refractivity contribution in [3.63, 3.8) is 0 Å². The molecular formula is C21H26N2O3. The number of carbonyl (C=O) groups excluding carboxylic acids is 1. The zero-order valence-electron chi connectivity index (χ0n) is 15.5. The summed E-state index contributed by atoms with van der Waals surface area (Å²) in [4.78, 5) is 17.0. The zero-order valence-corrected chi connectivity index (χ0v) is 15.5. The Morgan fingerprint density at radius 2 is 1.62 bits per heavy atom. The molecule has 138 valence electrons. The molecule has 26 heavy (non-hydrogen) atoms. The summed E-state index contributed by atoms with van der Waals surface area (Å²) in [6.45, 7) is 4.30. The second-order valence-corrected chi connectivity index (χ2v) is 6.42. The zero-order chi connectivity index (χ0) is 18.4. The van der Waals surface area contributed by atoms with Crippen molar-refractivity contribution in [2.75, 3.05) is 46.9 Å². The molecule has 2 aromatic rings. The van der Waals surface area contributed by atoms with Gasteiger partial charge in [-0.2, -0.15) is 0 Å². The minimum atomic E-state index is 0.0945. The molecule has 0 unspecified atom stereocenters. The Kier molecular flexibility index (Phi) is 6.12. The van der Waals surface area contributed by atoms with Crippen molar-refractivity contribution in [3.8, 4) is 11.5 Å². The van der Waals surface area contributed by atoms with Gasteiger partial charge in [0, 0.05) is 38.3 Å². The molecule has 0 N–H and O–H groups in total. The Balaban J connectivity index is 1.49. The van der Waals surface area contributed by atoms with Crippen molar-refractivity contribution in [3.05, 3.63) is 59.7 Å². The maximum Gasteiger partial charge on any atom is 0.253 e. The van der Waals surface area contributed by atoms with Crippen LogP contribution in [0.15, 0.2) is 48.5 Å². The Morgan fingerprint density at radius 1 is 0.923 bits per heavy atom.